The number of rotatable bonds is 7. The average Bonchev–Trinajstić information content (AvgIpc) is 3.17. The minimum Gasteiger partial charge on any atom is -0.507 e. The van der Waals surface area contributed by atoms with E-state index in [1.54, 1.807) is 42.7 Å². The fourth-order valence-electron chi connectivity index (χ4n) is 4.59. The summed E-state index contributed by atoms with van der Waals surface area (Å²) in [5.74, 6) is -0.995. The molecule has 0 bridgehead atoms. The molecule has 0 spiro atoms. The first-order valence-electron chi connectivity index (χ1n) is 12.1. The van der Waals surface area contributed by atoms with Crippen molar-refractivity contribution in [2.45, 2.75) is 26.1 Å². The Morgan fingerprint density at radius 2 is 1.74 bits per heavy atom. The number of ether oxygens (including phenoxy) is 1. The van der Waals surface area contributed by atoms with Crippen LogP contribution < -0.4 is 4.74 Å². The molecule has 1 saturated heterocycles. The second-order valence-corrected chi connectivity index (χ2v) is 10.1. The second-order valence-electron chi connectivity index (χ2n) is 9.15. The number of carbonyl (C=O) groups is 2. The molecule has 1 aliphatic heterocycles. The number of hydrogen-bond donors (Lipinski definition) is 1. The first kappa shape index (κ1) is 25.4. The number of likely N-dealkylation sites (tertiary alicyclic amines) is 1. The number of aliphatic hydroxyl groups excluding tert-OH is 1. The fraction of sp³-hybridized carbons (Fsp3) is 0.129. The molecule has 0 unspecified atom stereocenters. The van der Waals surface area contributed by atoms with Crippen LogP contribution >= 0.6 is 15.9 Å². The van der Waals surface area contributed by atoms with E-state index >= 15 is 0 Å². The Labute approximate surface area is 229 Å². The zero-order valence-corrected chi connectivity index (χ0v) is 22.3. The summed E-state index contributed by atoms with van der Waals surface area (Å²) in [5, 5.41) is 11.3. The summed E-state index contributed by atoms with van der Waals surface area (Å²) < 4.78 is 6.70. The van der Waals surface area contributed by atoms with Gasteiger partial charge in [0.05, 0.1) is 11.6 Å². The first-order chi connectivity index (χ1) is 18.4. The van der Waals surface area contributed by atoms with Gasteiger partial charge in [-0.3, -0.25) is 14.6 Å². The maximum atomic E-state index is 13.3. The summed E-state index contributed by atoms with van der Waals surface area (Å²) in [6.07, 6.45) is 3.31. The Morgan fingerprint density at radius 3 is 2.45 bits per heavy atom. The van der Waals surface area contributed by atoms with Crippen LogP contribution in [0.25, 0.3) is 5.76 Å². The SMILES string of the molecule is Cc1cccc(COc2ccc(C(O)=C3C(=O)C(=O)N(Cc4cccnc4)[C@@H]3c3cccc(Br)c3)cc2)c1. The third kappa shape index (κ3) is 5.38. The Kier molecular flexibility index (Phi) is 7.38. The molecule has 1 aromatic heterocycles. The van der Waals surface area contributed by atoms with Crippen LogP contribution in [0, 0.1) is 6.92 Å². The monoisotopic (exact) mass is 568 g/mol. The summed E-state index contributed by atoms with van der Waals surface area (Å²) in [6, 6.07) is 25.2. The van der Waals surface area contributed by atoms with Crippen molar-refractivity contribution in [1.29, 1.82) is 0 Å². The summed E-state index contributed by atoms with van der Waals surface area (Å²) in [4.78, 5) is 32.1. The molecule has 0 aliphatic carbocycles. The van der Waals surface area contributed by atoms with Crippen molar-refractivity contribution in [3.05, 3.63) is 135 Å². The highest BCUT2D eigenvalue weighted by Crippen LogP contribution is 2.41. The maximum Gasteiger partial charge on any atom is 0.295 e. The van der Waals surface area contributed by atoms with Crippen molar-refractivity contribution in [1.82, 2.24) is 9.88 Å². The lowest BCUT2D eigenvalue weighted by molar-refractivity contribution is -0.140. The Bertz CT molecular complexity index is 1520. The van der Waals surface area contributed by atoms with Gasteiger partial charge in [-0.2, -0.15) is 0 Å². The second kappa shape index (κ2) is 11.0. The number of aromatic nitrogens is 1. The van der Waals surface area contributed by atoms with Gasteiger partial charge in [-0.1, -0.05) is 64.0 Å². The molecule has 1 atom stereocenters. The van der Waals surface area contributed by atoms with E-state index in [0.717, 1.165) is 21.2 Å². The smallest absolute Gasteiger partial charge is 0.295 e. The number of aryl methyl sites for hydroxylation is 1. The number of hydrogen-bond acceptors (Lipinski definition) is 5. The van der Waals surface area contributed by atoms with Crippen LogP contribution in [0.1, 0.15) is 33.9 Å². The fourth-order valence-corrected chi connectivity index (χ4v) is 5.00. The van der Waals surface area contributed by atoms with Gasteiger partial charge in [-0.05, 0) is 66.1 Å². The highest BCUT2D eigenvalue weighted by Gasteiger charge is 2.46. The number of pyridine rings is 1. The van der Waals surface area contributed by atoms with Gasteiger partial charge in [-0.25, -0.2) is 0 Å². The molecule has 2 heterocycles. The van der Waals surface area contributed by atoms with Crippen LogP contribution in [0.3, 0.4) is 0 Å². The molecule has 3 aromatic carbocycles. The van der Waals surface area contributed by atoms with Crippen molar-refractivity contribution in [2.24, 2.45) is 0 Å². The van der Waals surface area contributed by atoms with Crippen molar-refractivity contribution < 1.29 is 19.4 Å². The summed E-state index contributed by atoms with van der Waals surface area (Å²) >= 11 is 3.48. The Balaban J connectivity index is 1.47. The van der Waals surface area contributed by atoms with E-state index in [2.05, 4.69) is 27.0 Å². The van der Waals surface area contributed by atoms with Gasteiger partial charge in [0.25, 0.3) is 11.7 Å². The van der Waals surface area contributed by atoms with Crippen LogP contribution in [0.15, 0.2) is 107 Å². The zero-order chi connectivity index (χ0) is 26.6. The molecule has 38 heavy (non-hydrogen) atoms. The number of benzene rings is 3. The normalized spacial score (nSPS) is 16.6. The van der Waals surface area contributed by atoms with E-state index in [0.29, 0.717) is 23.5 Å². The molecule has 190 valence electrons. The summed E-state index contributed by atoms with van der Waals surface area (Å²) in [6.45, 7) is 2.62. The number of Topliss-reactive ketones (excluding diaryl/α,β-unsaturated/α-hetero) is 1. The van der Waals surface area contributed by atoms with Gasteiger partial charge in [0.1, 0.15) is 18.1 Å². The third-order valence-corrected chi connectivity index (χ3v) is 6.89. The Hall–Kier alpha value is -4.23. The molecule has 7 heteroatoms. The van der Waals surface area contributed by atoms with E-state index in [1.165, 1.54) is 4.90 Å². The highest BCUT2D eigenvalue weighted by molar-refractivity contribution is 9.10. The van der Waals surface area contributed by atoms with E-state index in [-0.39, 0.29) is 17.9 Å². The van der Waals surface area contributed by atoms with Gasteiger partial charge >= 0.3 is 0 Å². The molecule has 0 radical (unpaired) electrons. The lowest BCUT2D eigenvalue weighted by Crippen LogP contribution is -2.29. The van der Waals surface area contributed by atoms with Crippen LogP contribution in [-0.2, 0) is 22.7 Å². The maximum absolute atomic E-state index is 13.3. The number of carbonyl (C=O) groups excluding carboxylic acids is 2. The van der Waals surface area contributed by atoms with Crippen molar-refractivity contribution in [3.63, 3.8) is 0 Å². The minimum atomic E-state index is -0.759. The molecule has 6 nitrogen and oxygen atoms in total. The van der Waals surface area contributed by atoms with Crippen LogP contribution in [0.4, 0.5) is 0 Å². The molecular formula is C31H25BrN2O4. The number of aliphatic hydroxyl groups is 1. The molecule has 1 fully saturated rings. The van der Waals surface area contributed by atoms with Gasteiger partial charge in [0.15, 0.2) is 0 Å². The zero-order valence-electron chi connectivity index (χ0n) is 20.7. The quantitative estimate of drug-likeness (QED) is 0.159. The molecule has 1 N–H and O–H groups in total. The number of amides is 1. The summed E-state index contributed by atoms with van der Waals surface area (Å²) in [7, 11) is 0. The Morgan fingerprint density at radius 1 is 0.974 bits per heavy atom. The van der Waals surface area contributed by atoms with Crippen molar-refractivity contribution >= 4 is 33.4 Å². The van der Waals surface area contributed by atoms with Crippen LogP contribution in [0.5, 0.6) is 5.75 Å². The van der Waals surface area contributed by atoms with Gasteiger partial charge in [0.2, 0.25) is 0 Å². The van der Waals surface area contributed by atoms with E-state index in [1.807, 2.05) is 55.5 Å². The number of halogens is 1. The molecule has 1 aliphatic rings. The molecule has 1 amide bonds. The van der Waals surface area contributed by atoms with Crippen LogP contribution in [0.2, 0.25) is 0 Å². The molecule has 0 saturated carbocycles. The standard InChI is InChI=1S/C31H25BrN2O4/c1-20-5-2-6-21(15-20)19-38-26-12-10-23(11-13-26)29(35)27-28(24-8-3-9-25(32)16-24)34(31(37)30(27)36)18-22-7-4-14-33-17-22/h2-17,28,35H,18-19H2,1H3/t28-/m1/s1. The van der Waals surface area contributed by atoms with E-state index in [9.17, 15) is 14.7 Å². The molecule has 4 aromatic rings. The third-order valence-electron chi connectivity index (χ3n) is 6.40. The van der Waals surface area contributed by atoms with E-state index in [4.69, 9.17) is 4.74 Å². The predicted molar refractivity (Wildman–Crippen MR) is 148 cm³/mol. The largest absolute Gasteiger partial charge is 0.507 e. The topological polar surface area (TPSA) is 79.7 Å². The lowest BCUT2D eigenvalue weighted by Gasteiger charge is -2.25. The van der Waals surface area contributed by atoms with Crippen molar-refractivity contribution in [3.8, 4) is 5.75 Å². The predicted octanol–water partition coefficient (Wildman–Crippen LogP) is 6.35. The van der Waals surface area contributed by atoms with E-state index < -0.39 is 17.7 Å². The molecular weight excluding hydrogens is 544 g/mol. The molecule has 5 rings (SSSR count). The van der Waals surface area contributed by atoms with Gasteiger partial charge in [0, 0.05) is 29.0 Å². The minimum absolute atomic E-state index is 0.0467. The van der Waals surface area contributed by atoms with Gasteiger partial charge < -0.3 is 14.7 Å². The van der Waals surface area contributed by atoms with Gasteiger partial charge in [-0.15, -0.1) is 0 Å². The average molecular weight is 569 g/mol. The first-order valence-corrected chi connectivity index (χ1v) is 12.9. The lowest BCUT2D eigenvalue weighted by atomic mass is 9.95. The number of nitrogens with zero attached hydrogens (tertiary/aromatic N) is 2. The number of ketones is 1. The van der Waals surface area contributed by atoms with Crippen molar-refractivity contribution in [2.75, 3.05) is 0 Å². The summed E-state index contributed by atoms with van der Waals surface area (Å²) in [5.41, 5.74) is 4.18. The van der Waals surface area contributed by atoms with Crippen LogP contribution in [-0.4, -0.2) is 26.7 Å². The highest BCUT2D eigenvalue weighted by atomic mass is 79.9.